The summed E-state index contributed by atoms with van der Waals surface area (Å²) in [7, 11) is 3.11. The molecule has 0 aliphatic rings. The maximum absolute atomic E-state index is 12.0. The molecule has 2 amide bonds. The second-order valence-corrected chi connectivity index (χ2v) is 5.63. The van der Waals surface area contributed by atoms with Crippen molar-refractivity contribution in [3.05, 3.63) is 23.8 Å². The summed E-state index contributed by atoms with van der Waals surface area (Å²) in [5, 5.41) is 8.52. The molecule has 0 saturated carbocycles. The van der Waals surface area contributed by atoms with E-state index in [4.69, 9.17) is 4.74 Å². The van der Waals surface area contributed by atoms with E-state index in [0.29, 0.717) is 17.0 Å². The van der Waals surface area contributed by atoms with Crippen molar-refractivity contribution >= 4 is 17.5 Å². The van der Waals surface area contributed by atoms with Gasteiger partial charge in [-0.15, -0.1) is 0 Å². The molecule has 0 unspecified atom stereocenters. The number of methoxy groups -OCH3 is 1. The number of benzene rings is 1. The van der Waals surface area contributed by atoms with E-state index in [2.05, 4.69) is 16.0 Å². The zero-order valence-electron chi connectivity index (χ0n) is 13.9. The van der Waals surface area contributed by atoms with Gasteiger partial charge in [-0.25, -0.2) is 0 Å². The Morgan fingerprint density at radius 3 is 2.50 bits per heavy atom. The Morgan fingerprint density at radius 1 is 1.27 bits per heavy atom. The number of amides is 2. The van der Waals surface area contributed by atoms with Gasteiger partial charge in [0.05, 0.1) is 19.3 Å². The number of hydrogen-bond acceptors (Lipinski definition) is 4. The Morgan fingerprint density at radius 2 is 1.95 bits per heavy atom. The van der Waals surface area contributed by atoms with E-state index >= 15 is 0 Å². The van der Waals surface area contributed by atoms with Gasteiger partial charge in [0.15, 0.2) is 0 Å². The largest absolute Gasteiger partial charge is 0.495 e. The second-order valence-electron chi connectivity index (χ2n) is 5.63. The fourth-order valence-electron chi connectivity index (χ4n) is 1.82. The number of ether oxygens (including phenoxy) is 1. The summed E-state index contributed by atoms with van der Waals surface area (Å²) in [6.07, 6.45) is 0.841. The summed E-state index contributed by atoms with van der Waals surface area (Å²) in [5.41, 5.74) is 0.862. The van der Waals surface area contributed by atoms with Crippen LogP contribution in [0, 0.1) is 0 Å². The molecular formula is C16H25N3O3. The molecule has 0 spiro atoms. The lowest BCUT2D eigenvalue weighted by Gasteiger charge is -2.24. The molecule has 6 nitrogen and oxygen atoms in total. The minimum atomic E-state index is -0.243. The van der Waals surface area contributed by atoms with Crippen LogP contribution >= 0.6 is 0 Å². The third kappa shape index (κ3) is 4.95. The van der Waals surface area contributed by atoms with E-state index in [0.717, 1.165) is 6.42 Å². The van der Waals surface area contributed by atoms with E-state index in [1.165, 1.54) is 0 Å². The van der Waals surface area contributed by atoms with Gasteiger partial charge in [0.25, 0.3) is 5.91 Å². The summed E-state index contributed by atoms with van der Waals surface area (Å²) in [6.45, 7) is 6.07. The monoisotopic (exact) mass is 307 g/mol. The van der Waals surface area contributed by atoms with Crippen LogP contribution in [0.15, 0.2) is 18.2 Å². The van der Waals surface area contributed by atoms with Crippen molar-refractivity contribution in [1.82, 2.24) is 10.6 Å². The Labute approximate surface area is 131 Å². The highest BCUT2D eigenvalue weighted by molar-refractivity contribution is 5.95. The van der Waals surface area contributed by atoms with E-state index in [1.54, 1.807) is 32.4 Å². The lowest BCUT2D eigenvalue weighted by molar-refractivity contribution is -0.121. The zero-order valence-corrected chi connectivity index (χ0v) is 13.9. The first-order valence-electron chi connectivity index (χ1n) is 7.28. The van der Waals surface area contributed by atoms with E-state index < -0.39 is 0 Å². The Bertz CT molecular complexity index is 541. The molecule has 0 bridgehead atoms. The van der Waals surface area contributed by atoms with Gasteiger partial charge >= 0.3 is 0 Å². The molecule has 3 N–H and O–H groups in total. The van der Waals surface area contributed by atoms with Crippen LogP contribution in [0.3, 0.4) is 0 Å². The van der Waals surface area contributed by atoms with Gasteiger partial charge in [0.1, 0.15) is 5.75 Å². The van der Waals surface area contributed by atoms with E-state index in [1.807, 2.05) is 20.8 Å². The van der Waals surface area contributed by atoms with Gasteiger partial charge < -0.3 is 20.7 Å². The molecule has 0 aliphatic carbocycles. The summed E-state index contributed by atoms with van der Waals surface area (Å²) in [5.74, 6) is 0.275. The Kier molecular flexibility index (Phi) is 6.22. The number of nitrogens with one attached hydrogen (secondary N) is 3. The van der Waals surface area contributed by atoms with Gasteiger partial charge in [0.2, 0.25) is 5.91 Å². The van der Waals surface area contributed by atoms with Crippen LogP contribution in [0.5, 0.6) is 5.75 Å². The smallest absolute Gasteiger partial charge is 0.251 e. The molecule has 1 aromatic carbocycles. The molecule has 1 rings (SSSR count). The Hall–Kier alpha value is -2.24. The molecule has 22 heavy (non-hydrogen) atoms. The maximum atomic E-state index is 12.0. The van der Waals surface area contributed by atoms with Crippen LogP contribution in [0.25, 0.3) is 0 Å². The first-order chi connectivity index (χ1) is 10.3. The van der Waals surface area contributed by atoms with Crippen molar-refractivity contribution in [3.63, 3.8) is 0 Å². The summed E-state index contributed by atoms with van der Waals surface area (Å²) >= 11 is 0. The van der Waals surface area contributed by atoms with Crippen LogP contribution in [0.1, 0.15) is 37.6 Å². The minimum absolute atomic E-state index is 0.108. The number of carbonyl (C=O) groups is 2. The zero-order chi connectivity index (χ0) is 16.8. The number of anilines is 1. The van der Waals surface area contributed by atoms with Gasteiger partial charge in [-0.05, 0) is 38.5 Å². The van der Waals surface area contributed by atoms with Crippen LogP contribution in [-0.2, 0) is 4.79 Å². The number of carbonyl (C=O) groups excluding carboxylic acids is 2. The van der Waals surface area contributed by atoms with Crippen LogP contribution in [-0.4, -0.2) is 38.1 Å². The lowest BCUT2D eigenvalue weighted by atomic mass is 10.0. The predicted molar refractivity (Wildman–Crippen MR) is 87.4 cm³/mol. The molecule has 122 valence electrons. The van der Waals surface area contributed by atoms with Gasteiger partial charge in [-0.2, -0.15) is 0 Å². The van der Waals surface area contributed by atoms with Crippen molar-refractivity contribution in [2.24, 2.45) is 0 Å². The Balaban J connectivity index is 2.79. The van der Waals surface area contributed by atoms with Crippen molar-refractivity contribution in [1.29, 1.82) is 0 Å². The average molecular weight is 307 g/mol. The number of rotatable bonds is 7. The fourth-order valence-corrected chi connectivity index (χ4v) is 1.82. The van der Waals surface area contributed by atoms with Crippen molar-refractivity contribution in [2.75, 3.05) is 26.0 Å². The summed E-state index contributed by atoms with van der Waals surface area (Å²) in [4.78, 5) is 23.6. The standard InChI is InChI=1S/C16H25N3O3/c1-6-16(2,3)19-14(20)10-18-12-9-11(15(21)17-4)7-8-13(12)22-5/h7-9,18H,6,10H2,1-5H3,(H,17,21)(H,19,20). The quantitative estimate of drug-likeness (QED) is 0.717. The second kappa shape index (κ2) is 7.68. The number of hydrogen-bond donors (Lipinski definition) is 3. The minimum Gasteiger partial charge on any atom is -0.495 e. The molecule has 0 radical (unpaired) electrons. The third-order valence-electron chi connectivity index (χ3n) is 3.49. The summed E-state index contributed by atoms with van der Waals surface area (Å²) in [6, 6.07) is 5.03. The summed E-state index contributed by atoms with van der Waals surface area (Å²) < 4.78 is 5.24. The maximum Gasteiger partial charge on any atom is 0.251 e. The lowest BCUT2D eigenvalue weighted by Crippen LogP contribution is -2.45. The van der Waals surface area contributed by atoms with Crippen LogP contribution < -0.4 is 20.7 Å². The normalized spacial score (nSPS) is 10.8. The van der Waals surface area contributed by atoms with Crippen molar-refractivity contribution in [2.45, 2.75) is 32.7 Å². The van der Waals surface area contributed by atoms with E-state index in [9.17, 15) is 9.59 Å². The highest BCUT2D eigenvalue weighted by Gasteiger charge is 2.18. The molecule has 0 atom stereocenters. The SMILES string of the molecule is CCC(C)(C)NC(=O)CNc1cc(C(=O)NC)ccc1OC. The highest BCUT2D eigenvalue weighted by atomic mass is 16.5. The fraction of sp³-hybridized carbons (Fsp3) is 0.500. The van der Waals surface area contributed by atoms with Crippen molar-refractivity contribution < 1.29 is 14.3 Å². The average Bonchev–Trinajstić information content (AvgIpc) is 2.51. The third-order valence-corrected chi connectivity index (χ3v) is 3.49. The van der Waals surface area contributed by atoms with Gasteiger partial charge in [-0.1, -0.05) is 6.92 Å². The molecule has 0 aliphatic heterocycles. The van der Waals surface area contributed by atoms with E-state index in [-0.39, 0.29) is 23.9 Å². The van der Waals surface area contributed by atoms with Gasteiger partial charge in [0, 0.05) is 18.2 Å². The molecule has 0 heterocycles. The molecule has 0 fully saturated rings. The predicted octanol–water partition coefficient (Wildman–Crippen LogP) is 1.77. The molecule has 0 saturated heterocycles. The topological polar surface area (TPSA) is 79.5 Å². The molecule has 6 heteroatoms. The molecule has 0 aromatic heterocycles. The van der Waals surface area contributed by atoms with Crippen LogP contribution in [0.4, 0.5) is 5.69 Å². The molecular weight excluding hydrogens is 282 g/mol. The first kappa shape index (κ1) is 17.8. The molecule has 1 aromatic rings. The first-order valence-corrected chi connectivity index (χ1v) is 7.28. The van der Waals surface area contributed by atoms with Crippen molar-refractivity contribution in [3.8, 4) is 5.75 Å². The van der Waals surface area contributed by atoms with Crippen LogP contribution in [0.2, 0.25) is 0 Å². The van der Waals surface area contributed by atoms with Gasteiger partial charge in [-0.3, -0.25) is 9.59 Å². The highest BCUT2D eigenvalue weighted by Crippen LogP contribution is 2.25.